The van der Waals surface area contributed by atoms with Crippen LogP contribution in [0, 0.1) is 18.7 Å². The quantitative estimate of drug-likeness (QED) is 0.742. The average Bonchev–Trinajstić information content (AvgIpc) is 2.73. The molecule has 1 aromatic rings. The Bertz CT molecular complexity index is 805. The predicted octanol–water partition coefficient (Wildman–Crippen LogP) is 3.57. The Kier molecular flexibility index (Phi) is 6.30. The number of rotatable bonds is 4. The minimum absolute atomic E-state index is 0.138. The van der Waals surface area contributed by atoms with Crippen molar-refractivity contribution in [3.63, 3.8) is 0 Å². The fraction of sp³-hybridized carbons (Fsp3) is 0.727. The maximum Gasteiger partial charge on any atom is 0.243 e. The molecule has 0 aromatic heterocycles. The van der Waals surface area contributed by atoms with E-state index < -0.39 is 10.0 Å². The topological polar surface area (TPSA) is 49.9 Å². The molecule has 5 nitrogen and oxygen atoms in total. The van der Waals surface area contributed by atoms with E-state index in [1.807, 2.05) is 0 Å². The van der Waals surface area contributed by atoms with E-state index in [4.69, 9.17) is 4.74 Å². The number of ether oxygens (including phenoxy) is 1. The largest absolute Gasteiger partial charge is 0.375 e. The van der Waals surface area contributed by atoms with Crippen molar-refractivity contribution in [1.29, 1.82) is 0 Å². The van der Waals surface area contributed by atoms with E-state index >= 15 is 0 Å². The highest BCUT2D eigenvalue weighted by atomic mass is 32.2. The van der Waals surface area contributed by atoms with Crippen molar-refractivity contribution >= 4 is 10.0 Å². The van der Waals surface area contributed by atoms with Gasteiger partial charge in [-0.25, -0.2) is 12.8 Å². The van der Waals surface area contributed by atoms with Crippen LogP contribution in [0.15, 0.2) is 23.1 Å². The van der Waals surface area contributed by atoms with E-state index in [1.165, 1.54) is 37.5 Å². The molecule has 0 bridgehead atoms. The highest BCUT2D eigenvalue weighted by molar-refractivity contribution is 7.89. The van der Waals surface area contributed by atoms with Crippen LogP contribution in [0.5, 0.6) is 0 Å². The maximum atomic E-state index is 13.5. The van der Waals surface area contributed by atoms with E-state index in [0.29, 0.717) is 24.6 Å². The first-order valence-corrected chi connectivity index (χ1v) is 12.4. The zero-order valence-electron chi connectivity index (χ0n) is 17.4. The van der Waals surface area contributed by atoms with Gasteiger partial charge in [0.25, 0.3) is 0 Å². The van der Waals surface area contributed by atoms with Crippen LogP contribution in [-0.2, 0) is 14.8 Å². The summed E-state index contributed by atoms with van der Waals surface area (Å²) in [4.78, 5) is 2.74. The number of halogens is 1. The monoisotopic (exact) mass is 424 g/mol. The second-order valence-corrected chi connectivity index (χ2v) is 11.0. The molecule has 0 N–H and O–H groups in total. The lowest BCUT2D eigenvalue weighted by Crippen LogP contribution is -2.49. The summed E-state index contributed by atoms with van der Waals surface area (Å²) < 4.78 is 47.0. The summed E-state index contributed by atoms with van der Waals surface area (Å²) in [5.41, 5.74) is 0.505. The number of hydrogen-bond acceptors (Lipinski definition) is 4. The Hall–Kier alpha value is -1.02. The Balaban J connectivity index is 1.28. The van der Waals surface area contributed by atoms with E-state index in [0.717, 1.165) is 51.9 Å². The fourth-order valence-electron chi connectivity index (χ4n) is 5.07. The minimum atomic E-state index is -3.54. The number of benzene rings is 1. The zero-order valence-corrected chi connectivity index (χ0v) is 18.2. The third-order valence-corrected chi connectivity index (χ3v) is 8.95. The number of sulfonamides is 1. The van der Waals surface area contributed by atoms with Gasteiger partial charge in [-0.05, 0) is 81.5 Å². The van der Waals surface area contributed by atoms with Crippen molar-refractivity contribution in [2.24, 2.45) is 5.92 Å². The molecular formula is C22H33FN2O3S. The number of hydrogen-bond donors (Lipinski definition) is 0. The third-order valence-electron chi connectivity index (χ3n) is 7.06. The molecule has 3 fully saturated rings. The maximum absolute atomic E-state index is 13.5. The van der Waals surface area contributed by atoms with Gasteiger partial charge in [-0.2, -0.15) is 4.31 Å². The molecule has 0 atom stereocenters. The van der Waals surface area contributed by atoms with E-state index in [1.54, 1.807) is 11.2 Å². The Morgan fingerprint density at radius 2 is 1.83 bits per heavy atom. The Labute approximate surface area is 174 Å². The molecule has 1 aromatic carbocycles. The van der Waals surface area contributed by atoms with Crippen LogP contribution in [0.3, 0.4) is 0 Å². The molecule has 162 valence electrons. The van der Waals surface area contributed by atoms with Gasteiger partial charge in [0.15, 0.2) is 0 Å². The molecule has 3 heterocycles. The lowest BCUT2D eigenvalue weighted by atomic mass is 9.84. The Morgan fingerprint density at radius 1 is 1.10 bits per heavy atom. The summed E-state index contributed by atoms with van der Waals surface area (Å²) in [6, 6.07) is 4.06. The third kappa shape index (κ3) is 4.68. The fourth-order valence-corrected chi connectivity index (χ4v) is 6.63. The molecule has 0 saturated carbocycles. The average molecular weight is 425 g/mol. The Morgan fingerprint density at radius 3 is 2.45 bits per heavy atom. The molecular weight excluding hydrogens is 391 g/mol. The smallest absolute Gasteiger partial charge is 0.243 e. The van der Waals surface area contributed by atoms with Gasteiger partial charge in [-0.1, -0.05) is 0 Å². The SMILES string of the molecule is Cc1cc(S(=O)(=O)N2CCC(CN3CCC4(CCCCO4)CC3)CC2)ccc1F. The first kappa shape index (κ1) is 21.2. The van der Waals surface area contributed by atoms with Gasteiger partial charge in [0.05, 0.1) is 10.5 Å². The second kappa shape index (κ2) is 8.61. The molecule has 29 heavy (non-hydrogen) atoms. The number of piperidine rings is 2. The molecule has 3 saturated heterocycles. The standard InChI is InChI=1S/C22H33FN2O3S/c1-18-16-20(4-5-21(18)23)29(26,27)25-11-6-19(7-12-25)17-24-13-9-22(10-14-24)8-2-3-15-28-22/h4-5,16,19H,2-3,6-15,17H2,1H3. The summed E-state index contributed by atoms with van der Waals surface area (Å²) >= 11 is 0. The van der Waals surface area contributed by atoms with Crippen molar-refractivity contribution in [1.82, 2.24) is 9.21 Å². The van der Waals surface area contributed by atoms with E-state index in [2.05, 4.69) is 4.90 Å². The van der Waals surface area contributed by atoms with Crippen molar-refractivity contribution in [2.75, 3.05) is 39.3 Å². The molecule has 0 unspecified atom stereocenters. The van der Waals surface area contributed by atoms with Gasteiger partial charge < -0.3 is 9.64 Å². The van der Waals surface area contributed by atoms with Crippen LogP contribution in [0.25, 0.3) is 0 Å². The van der Waals surface area contributed by atoms with Crippen LogP contribution in [0.4, 0.5) is 4.39 Å². The van der Waals surface area contributed by atoms with Crippen molar-refractivity contribution in [3.05, 3.63) is 29.6 Å². The summed E-state index contributed by atoms with van der Waals surface area (Å²) in [6.07, 6.45) is 7.73. The number of likely N-dealkylation sites (tertiary alicyclic amines) is 1. The molecule has 1 spiro atoms. The summed E-state index contributed by atoms with van der Waals surface area (Å²) in [5, 5.41) is 0. The molecule has 7 heteroatoms. The van der Waals surface area contributed by atoms with Crippen LogP contribution < -0.4 is 0 Å². The highest BCUT2D eigenvalue weighted by Crippen LogP contribution is 2.35. The molecule has 3 aliphatic rings. The van der Waals surface area contributed by atoms with Gasteiger partial charge >= 0.3 is 0 Å². The van der Waals surface area contributed by atoms with Gasteiger partial charge in [0, 0.05) is 39.3 Å². The number of aryl methyl sites for hydroxylation is 1. The molecule has 0 aliphatic carbocycles. The van der Waals surface area contributed by atoms with Crippen LogP contribution >= 0.6 is 0 Å². The van der Waals surface area contributed by atoms with Gasteiger partial charge in [-0.3, -0.25) is 0 Å². The first-order valence-electron chi connectivity index (χ1n) is 11.0. The summed E-state index contributed by atoms with van der Waals surface area (Å²) in [7, 11) is -3.54. The second-order valence-electron chi connectivity index (χ2n) is 9.05. The molecule has 3 aliphatic heterocycles. The van der Waals surface area contributed by atoms with Crippen LogP contribution in [0.2, 0.25) is 0 Å². The van der Waals surface area contributed by atoms with Gasteiger partial charge in [-0.15, -0.1) is 0 Å². The van der Waals surface area contributed by atoms with Crippen molar-refractivity contribution < 1.29 is 17.5 Å². The van der Waals surface area contributed by atoms with E-state index in [9.17, 15) is 12.8 Å². The summed E-state index contributed by atoms with van der Waals surface area (Å²) in [6.45, 7) is 6.84. The minimum Gasteiger partial charge on any atom is -0.375 e. The van der Waals surface area contributed by atoms with Gasteiger partial charge in [0.1, 0.15) is 5.82 Å². The van der Waals surface area contributed by atoms with Crippen LogP contribution in [0.1, 0.15) is 50.5 Å². The lowest BCUT2D eigenvalue weighted by Gasteiger charge is -2.45. The first-order chi connectivity index (χ1) is 13.9. The van der Waals surface area contributed by atoms with Gasteiger partial charge in [0.2, 0.25) is 10.0 Å². The molecule has 0 amide bonds. The normalized spacial score (nSPS) is 24.8. The van der Waals surface area contributed by atoms with E-state index in [-0.39, 0.29) is 16.3 Å². The zero-order chi connectivity index (χ0) is 20.5. The van der Waals surface area contributed by atoms with Crippen molar-refractivity contribution in [3.8, 4) is 0 Å². The van der Waals surface area contributed by atoms with Crippen molar-refractivity contribution in [2.45, 2.75) is 62.4 Å². The molecule has 0 radical (unpaired) electrons. The lowest BCUT2D eigenvalue weighted by molar-refractivity contribution is -0.112. The van der Waals surface area contributed by atoms with Crippen LogP contribution in [-0.4, -0.2) is 62.6 Å². The molecule has 4 rings (SSSR count). The summed E-state index contributed by atoms with van der Waals surface area (Å²) in [5.74, 6) is 0.169. The predicted molar refractivity (Wildman–Crippen MR) is 111 cm³/mol. The highest BCUT2D eigenvalue weighted by Gasteiger charge is 2.37. The number of nitrogens with zero attached hydrogens (tertiary/aromatic N) is 2.